The molecule has 0 radical (unpaired) electrons. The van der Waals surface area contributed by atoms with Crippen molar-refractivity contribution >= 4 is 8.32 Å². The van der Waals surface area contributed by atoms with E-state index < -0.39 is 14.4 Å². The minimum Gasteiger partial charge on any atom is -0.546 e. The monoisotopic (exact) mass is 549 g/mol. The Morgan fingerprint density at radius 1 is 1.08 bits per heavy atom. The number of nitrogens with zero attached hydrogens (tertiary/aromatic N) is 1. The Hall–Kier alpha value is -1.98. The van der Waals surface area contributed by atoms with Gasteiger partial charge in [-0.3, -0.25) is 4.98 Å². The number of allylic oxidation sites excluding steroid dienone is 2. The van der Waals surface area contributed by atoms with Crippen molar-refractivity contribution in [3.8, 4) is 0 Å². The zero-order chi connectivity index (χ0) is 28.2. The van der Waals surface area contributed by atoms with Gasteiger partial charge in [-0.1, -0.05) is 59.6 Å². The number of halogens is 1. The van der Waals surface area contributed by atoms with Crippen LogP contribution in [0.4, 0.5) is 4.39 Å². The van der Waals surface area contributed by atoms with Gasteiger partial charge in [0.2, 0.25) is 8.32 Å². The van der Waals surface area contributed by atoms with E-state index in [1.54, 1.807) is 12.1 Å². The van der Waals surface area contributed by atoms with Crippen molar-refractivity contribution < 1.29 is 13.9 Å². The maximum absolute atomic E-state index is 13.9. The largest absolute Gasteiger partial charge is 0.546 e. The molecule has 0 bridgehead atoms. The Balaban J connectivity index is 1.71. The summed E-state index contributed by atoms with van der Waals surface area (Å²) in [6.45, 7) is 16.2. The van der Waals surface area contributed by atoms with E-state index in [4.69, 9.17) is 9.41 Å². The summed E-state index contributed by atoms with van der Waals surface area (Å²) in [6, 6.07) is 6.40. The number of aliphatic hydroxyl groups is 1. The first kappa shape index (κ1) is 28.5. The normalized spacial score (nSPS) is 22.5. The minimum absolute atomic E-state index is 0.105. The SMILES string of the molecule is CC1(C)CCc2c(nc(C3CCCC3)c([C@H](O)c3ccc(F)cc3)c2[C@@H]2CCC=C2O[Si](C)(C)C(C)(C)C)C1. The lowest BCUT2D eigenvalue weighted by Gasteiger charge is -2.40. The average Bonchev–Trinajstić information content (AvgIpc) is 3.54. The van der Waals surface area contributed by atoms with E-state index in [9.17, 15) is 9.50 Å². The maximum atomic E-state index is 13.9. The van der Waals surface area contributed by atoms with E-state index >= 15 is 0 Å². The lowest BCUT2D eigenvalue weighted by atomic mass is 9.71. The van der Waals surface area contributed by atoms with Crippen molar-refractivity contribution in [2.45, 2.75) is 128 Å². The molecule has 212 valence electrons. The van der Waals surface area contributed by atoms with Gasteiger partial charge >= 0.3 is 0 Å². The second-order valence-corrected chi connectivity index (χ2v) is 19.3. The molecule has 5 rings (SSSR count). The number of pyridine rings is 1. The third-order valence-corrected chi connectivity index (χ3v) is 14.4. The van der Waals surface area contributed by atoms with Gasteiger partial charge in [-0.15, -0.1) is 0 Å². The molecule has 0 aliphatic heterocycles. The lowest BCUT2D eigenvalue weighted by molar-refractivity contribution is 0.214. The van der Waals surface area contributed by atoms with E-state index in [-0.39, 0.29) is 22.2 Å². The molecular formula is C34H48FNO2Si. The second kappa shape index (κ2) is 10.4. The van der Waals surface area contributed by atoms with Crippen molar-refractivity contribution in [3.63, 3.8) is 0 Å². The molecule has 0 saturated heterocycles. The summed E-state index contributed by atoms with van der Waals surface area (Å²) in [7, 11) is -2.05. The third-order valence-electron chi connectivity index (χ3n) is 10.1. The van der Waals surface area contributed by atoms with Crippen LogP contribution >= 0.6 is 0 Å². The van der Waals surface area contributed by atoms with Crippen molar-refractivity contribution in [1.82, 2.24) is 4.98 Å². The van der Waals surface area contributed by atoms with Crippen molar-refractivity contribution in [1.29, 1.82) is 0 Å². The molecule has 1 heterocycles. The van der Waals surface area contributed by atoms with Crippen molar-refractivity contribution in [3.05, 3.63) is 75.6 Å². The Bertz CT molecular complexity index is 1240. The highest BCUT2D eigenvalue weighted by molar-refractivity contribution is 6.74. The van der Waals surface area contributed by atoms with E-state index in [2.05, 4.69) is 53.8 Å². The Labute approximate surface area is 236 Å². The first-order chi connectivity index (χ1) is 18.3. The quantitative estimate of drug-likeness (QED) is 0.365. The number of aromatic nitrogens is 1. The highest BCUT2D eigenvalue weighted by atomic mass is 28.4. The third kappa shape index (κ3) is 5.63. The van der Waals surface area contributed by atoms with E-state index in [0.29, 0.717) is 5.92 Å². The summed E-state index contributed by atoms with van der Waals surface area (Å²) in [4.78, 5) is 5.44. The van der Waals surface area contributed by atoms with Crippen LogP contribution in [0.3, 0.4) is 0 Å². The molecule has 2 atom stereocenters. The number of rotatable bonds is 6. The zero-order valence-electron chi connectivity index (χ0n) is 25.2. The molecule has 2 aromatic rings. The van der Waals surface area contributed by atoms with Gasteiger partial charge in [0.1, 0.15) is 11.9 Å². The molecule has 0 amide bonds. The van der Waals surface area contributed by atoms with Crippen LogP contribution in [-0.2, 0) is 17.3 Å². The predicted octanol–water partition coefficient (Wildman–Crippen LogP) is 9.26. The first-order valence-corrected chi connectivity index (χ1v) is 18.1. The van der Waals surface area contributed by atoms with Gasteiger partial charge in [-0.25, -0.2) is 4.39 Å². The van der Waals surface area contributed by atoms with Gasteiger partial charge in [0.25, 0.3) is 0 Å². The molecule has 1 aromatic carbocycles. The summed E-state index contributed by atoms with van der Waals surface area (Å²) in [5.41, 5.74) is 6.88. The predicted molar refractivity (Wildman–Crippen MR) is 160 cm³/mol. The maximum Gasteiger partial charge on any atom is 0.250 e. The summed E-state index contributed by atoms with van der Waals surface area (Å²) >= 11 is 0. The van der Waals surface area contributed by atoms with Crippen molar-refractivity contribution in [2.24, 2.45) is 5.41 Å². The second-order valence-electron chi connectivity index (χ2n) is 14.6. The number of aliphatic hydroxyl groups excluding tert-OH is 1. The van der Waals surface area contributed by atoms with Crippen molar-refractivity contribution in [2.75, 3.05) is 0 Å². The molecule has 1 aromatic heterocycles. The minimum atomic E-state index is -2.05. The van der Waals surface area contributed by atoms with Gasteiger partial charge in [-0.05, 0) is 103 Å². The highest BCUT2D eigenvalue weighted by Gasteiger charge is 2.43. The fraction of sp³-hybridized carbons (Fsp3) is 0.618. The molecule has 3 aliphatic carbocycles. The molecule has 3 nitrogen and oxygen atoms in total. The molecular weight excluding hydrogens is 501 g/mol. The van der Waals surface area contributed by atoms with E-state index in [1.165, 1.54) is 41.8 Å². The molecule has 1 N–H and O–H groups in total. The number of hydrogen-bond acceptors (Lipinski definition) is 3. The van der Waals surface area contributed by atoms with Crippen LogP contribution < -0.4 is 0 Å². The number of hydrogen-bond donors (Lipinski definition) is 1. The van der Waals surface area contributed by atoms with Gasteiger partial charge in [0, 0.05) is 23.1 Å². The van der Waals surface area contributed by atoms with Gasteiger partial charge in [0.15, 0.2) is 0 Å². The summed E-state index contributed by atoms with van der Waals surface area (Å²) in [5.74, 6) is 1.31. The van der Waals surface area contributed by atoms with Crippen LogP contribution in [0.15, 0.2) is 36.1 Å². The molecule has 1 saturated carbocycles. The molecule has 3 aliphatic rings. The van der Waals surface area contributed by atoms with E-state index in [1.807, 2.05) is 0 Å². The lowest BCUT2D eigenvalue weighted by Crippen LogP contribution is -2.41. The summed E-state index contributed by atoms with van der Waals surface area (Å²) in [6.07, 6.45) is 11.2. The molecule has 1 fully saturated rings. The van der Waals surface area contributed by atoms with Gasteiger partial charge in [-0.2, -0.15) is 0 Å². The van der Waals surface area contributed by atoms with Crippen LogP contribution in [0.2, 0.25) is 18.1 Å². The number of benzene rings is 1. The van der Waals surface area contributed by atoms with Crippen LogP contribution in [0.1, 0.15) is 131 Å². The van der Waals surface area contributed by atoms with E-state index in [0.717, 1.165) is 67.5 Å². The smallest absolute Gasteiger partial charge is 0.250 e. The zero-order valence-corrected chi connectivity index (χ0v) is 26.2. The highest BCUT2D eigenvalue weighted by Crippen LogP contribution is 2.51. The molecule has 39 heavy (non-hydrogen) atoms. The number of fused-ring (bicyclic) bond motifs is 1. The average molecular weight is 550 g/mol. The van der Waals surface area contributed by atoms with Crippen LogP contribution in [0.5, 0.6) is 0 Å². The van der Waals surface area contributed by atoms with Gasteiger partial charge < -0.3 is 9.53 Å². The first-order valence-electron chi connectivity index (χ1n) is 15.2. The fourth-order valence-electron chi connectivity index (χ4n) is 6.69. The molecule has 0 unspecified atom stereocenters. The standard InChI is InChI=1S/C34H48FNO2Si/c1-33(2,3)39(6,7)38-28-14-10-13-26(28)29-25-19-20-34(4,5)21-27(25)36-31(22-11-8-9-12-22)30(29)32(37)23-15-17-24(35)18-16-23/h14-18,22,26,32,37H,8-13,19-21H2,1-7H3/t26-,32-/m1/s1. The Kier molecular flexibility index (Phi) is 7.65. The van der Waals surface area contributed by atoms with Gasteiger partial charge in [0.05, 0.1) is 11.5 Å². The van der Waals surface area contributed by atoms with Crippen LogP contribution in [-0.4, -0.2) is 18.4 Å². The molecule has 0 spiro atoms. The summed E-state index contributed by atoms with van der Waals surface area (Å²) < 4.78 is 20.9. The summed E-state index contributed by atoms with van der Waals surface area (Å²) in [5, 5.41) is 12.2. The topological polar surface area (TPSA) is 42.4 Å². The Morgan fingerprint density at radius 3 is 2.38 bits per heavy atom. The molecule has 5 heteroatoms. The Morgan fingerprint density at radius 2 is 1.74 bits per heavy atom. The van der Waals surface area contributed by atoms with Crippen LogP contribution in [0, 0.1) is 11.2 Å². The van der Waals surface area contributed by atoms with Crippen LogP contribution in [0.25, 0.3) is 0 Å². The fourth-order valence-corrected chi connectivity index (χ4v) is 7.81.